The smallest absolute Gasteiger partial charge is 0.317 e. The van der Waals surface area contributed by atoms with E-state index in [1.807, 2.05) is 4.90 Å². The van der Waals surface area contributed by atoms with Gasteiger partial charge in [-0.1, -0.05) is 32.6 Å². The highest BCUT2D eigenvalue weighted by Gasteiger charge is 2.39. The van der Waals surface area contributed by atoms with Gasteiger partial charge in [0.25, 0.3) is 0 Å². The van der Waals surface area contributed by atoms with Crippen LogP contribution in [0.2, 0.25) is 0 Å². The number of rotatable bonds is 3. The lowest BCUT2D eigenvalue weighted by molar-refractivity contribution is -0.149. The molecule has 0 bridgehead atoms. The molecule has 5 nitrogen and oxygen atoms in total. The molecule has 2 fully saturated rings. The van der Waals surface area contributed by atoms with E-state index in [1.54, 1.807) is 0 Å². The first kappa shape index (κ1) is 16.1. The van der Waals surface area contributed by atoms with Gasteiger partial charge in [0.1, 0.15) is 0 Å². The lowest BCUT2D eigenvalue weighted by Crippen LogP contribution is -2.49. The van der Waals surface area contributed by atoms with Crippen molar-refractivity contribution in [2.75, 3.05) is 19.6 Å². The van der Waals surface area contributed by atoms with E-state index >= 15 is 0 Å². The number of urea groups is 1. The van der Waals surface area contributed by atoms with Gasteiger partial charge in [-0.15, -0.1) is 0 Å². The Morgan fingerprint density at radius 3 is 2.24 bits per heavy atom. The Morgan fingerprint density at radius 1 is 1.14 bits per heavy atom. The molecule has 1 heterocycles. The van der Waals surface area contributed by atoms with Crippen LogP contribution in [0.5, 0.6) is 0 Å². The van der Waals surface area contributed by atoms with Gasteiger partial charge in [0.05, 0.1) is 5.41 Å². The Bertz CT molecular complexity index is 368. The number of carbonyl (C=O) groups excluding carboxylic acids is 1. The lowest BCUT2D eigenvalue weighted by Gasteiger charge is -2.33. The number of aliphatic carboxylic acids is 1. The van der Waals surface area contributed by atoms with E-state index < -0.39 is 11.4 Å². The molecular formula is C16H28N2O3. The Hall–Kier alpha value is -1.26. The van der Waals surface area contributed by atoms with Crippen molar-refractivity contribution in [1.29, 1.82) is 0 Å². The third kappa shape index (κ3) is 4.11. The summed E-state index contributed by atoms with van der Waals surface area (Å²) in [6.07, 6.45) is 7.54. The van der Waals surface area contributed by atoms with Crippen LogP contribution in [0, 0.1) is 11.3 Å². The molecule has 2 amide bonds. The molecule has 2 N–H and O–H groups in total. The van der Waals surface area contributed by atoms with Gasteiger partial charge >= 0.3 is 12.0 Å². The average Bonchev–Trinajstić information content (AvgIpc) is 2.72. The molecule has 1 saturated carbocycles. The fourth-order valence-electron chi connectivity index (χ4n) is 3.44. The Morgan fingerprint density at radius 2 is 1.71 bits per heavy atom. The lowest BCUT2D eigenvalue weighted by atomic mass is 9.80. The molecule has 2 rings (SSSR count). The van der Waals surface area contributed by atoms with E-state index in [0.29, 0.717) is 18.8 Å². The third-order valence-corrected chi connectivity index (χ3v) is 5.16. The minimum atomic E-state index is -0.755. The molecule has 2 aliphatic rings. The fraction of sp³-hybridized carbons (Fsp3) is 0.875. The topological polar surface area (TPSA) is 69.6 Å². The van der Waals surface area contributed by atoms with Crippen molar-refractivity contribution in [3.8, 4) is 0 Å². The standard InChI is InChI=1S/C16H28N2O3/c1-13-6-10-18(11-7-13)15(21)17-12-16(14(19)20)8-4-2-3-5-9-16/h13H,2-12H2,1H3,(H,17,21)(H,19,20). The number of carboxylic acid groups (broad SMARTS) is 1. The van der Waals surface area contributed by atoms with E-state index in [4.69, 9.17) is 0 Å². The van der Waals surface area contributed by atoms with E-state index in [9.17, 15) is 14.7 Å². The zero-order valence-electron chi connectivity index (χ0n) is 13.1. The number of nitrogens with zero attached hydrogens (tertiary/aromatic N) is 1. The average molecular weight is 296 g/mol. The number of nitrogens with one attached hydrogen (secondary N) is 1. The summed E-state index contributed by atoms with van der Waals surface area (Å²) in [4.78, 5) is 25.7. The Labute approximate surface area is 127 Å². The molecule has 0 atom stereocenters. The first-order valence-electron chi connectivity index (χ1n) is 8.30. The summed E-state index contributed by atoms with van der Waals surface area (Å²) in [5.41, 5.74) is -0.755. The van der Waals surface area contributed by atoms with Crippen molar-refractivity contribution in [2.45, 2.75) is 58.3 Å². The highest BCUT2D eigenvalue weighted by Crippen LogP contribution is 2.35. The van der Waals surface area contributed by atoms with Gasteiger partial charge in [-0.05, 0) is 31.6 Å². The van der Waals surface area contributed by atoms with E-state index in [1.165, 1.54) is 0 Å². The van der Waals surface area contributed by atoms with Crippen LogP contribution in [0.1, 0.15) is 58.3 Å². The van der Waals surface area contributed by atoms with Crippen LogP contribution in [0.15, 0.2) is 0 Å². The van der Waals surface area contributed by atoms with Crippen LogP contribution in [0.3, 0.4) is 0 Å². The molecule has 21 heavy (non-hydrogen) atoms. The fourth-order valence-corrected chi connectivity index (χ4v) is 3.44. The normalized spacial score (nSPS) is 23.4. The van der Waals surface area contributed by atoms with Gasteiger partial charge in [0.2, 0.25) is 0 Å². The Kier molecular flexibility index (Phi) is 5.48. The molecule has 120 valence electrons. The zero-order valence-corrected chi connectivity index (χ0v) is 13.1. The molecule has 0 aromatic carbocycles. The van der Waals surface area contributed by atoms with E-state index in [-0.39, 0.29) is 12.6 Å². The van der Waals surface area contributed by atoms with Crippen LogP contribution in [-0.2, 0) is 4.79 Å². The number of likely N-dealkylation sites (tertiary alicyclic amines) is 1. The molecule has 0 aromatic rings. The molecule has 1 aliphatic heterocycles. The van der Waals surface area contributed by atoms with Gasteiger partial charge < -0.3 is 15.3 Å². The first-order valence-corrected chi connectivity index (χ1v) is 8.30. The second kappa shape index (κ2) is 7.14. The van der Waals surface area contributed by atoms with Crippen LogP contribution < -0.4 is 5.32 Å². The van der Waals surface area contributed by atoms with Crippen LogP contribution in [0.25, 0.3) is 0 Å². The van der Waals surface area contributed by atoms with Crippen molar-refractivity contribution < 1.29 is 14.7 Å². The maximum atomic E-state index is 12.2. The van der Waals surface area contributed by atoms with Crippen molar-refractivity contribution in [1.82, 2.24) is 10.2 Å². The summed E-state index contributed by atoms with van der Waals surface area (Å²) >= 11 is 0. The number of hydrogen-bond acceptors (Lipinski definition) is 2. The first-order chi connectivity index (χ1) is 10.0. The van der Waals surface area contributed by atoms with Gasteiger partial charge in [-0.25, -0.2) is 4.79 Å². The quantitative estimate of drug-likeness (QED) is 0.787. The molecular weight excluding hydrogens is 268 g/mol. The van der Waals surface area contributed by atoms with Crippen molar-refractivity contribution in [3.63, 3.8) is 0 Å². The summed E-state index contributed by atoms with van der Waals surface area (Å²) in [6, 6.07) is -0.0910. The largest absolute Gasteiger partial charge is 0.481 e. The molecule has 1 saturated heterocycles. The van der Waals surface area contributed by atoms with Crippen LogP contribution in [0.4, 0.5) is 4.79 Å². The summed E-state index contributed by atoms with van der Waals surface area (Å²) in [5, 5.41) is 12.5. The number of amides is 2. The van der Waals surface area contributed by atoms with Crippen molar-refractivity contribution in [3.05, 3.63) is 0 Å². The predicted molar refractivity (Wildman–Crippen MR) is 81.1 cm³/mol. The molecule has 0 radical (unpaired) electrons. The summed E-state index contributed by atoms with van der Waals surface area (Å²) in [6.45, 7) is 4.05. The maximum Gasteiger partial charge on any atom is 0.317 e. The van der Waals surface area contributed by atoms with Crippen molar-refractivity contribution >= 4 is 12.0 Å². The van der Waals surface area contributed by atoms with Gasteiger partial charge in [0.15, 0.2) is 0 Å². The number of carbonyl (C=O) groups is 2. The highest BCUT2D eigenvalue weighted by atomic mass is 16.4. The second-order valence-corrected chi connectivity index (χ2v) is 6.83. The minimum Gasteiger partial charge on any atom is -0.481 e. The van der Waals surface area contributed by atoms with Crippen molar-refractivity contribution in [2.24, 2.45) is 11.3 Å². The zero-order chi connectivity index (χ0) is 15.3. The second-order valence-electron chi connectivity index (χ2n) is 6.83. The predicted octanol–water partition coefficient (Wildman–Crippen LogP) is 2.85. The van der Waals surface area contributed by atoms with Crippen LogP contribution in [-0.4, -0.2) is 41.6 Å². The third-order valence-electron chi connectivity index (χ3n) is 5.16. The highest BCUT2D eigenvalue weighted by molar-refractivity contribution is 5.78. The molecule has 0 aromatic heterocycles. The van der Waals surface area contributed by atoms with Crippen LogP contribution >= 0.6 is 0 Å². The van der Waals surface area contributed by atoms with E-state index in [0.717, 1.165) is 51.6 Å². The molecule has 0 spiro atoms. The van der Waals surface area contributed by atoms with E-state index in [2.05, 4.69) is 12.2 Å². The summed E-state index contributed by atoms with van der Waals surface area (Å²) in [7, 11) is 0. The minimum absolute atomic E-state index is 0.0910. The SMILES string of the molecule is CC1CCN(C(=O)NCC2(C(=O)O)CCCCCC2)CC1. The molecule has 0 unspecified atom stereocenters. The summed E-state index contributed by atoms with van der Waals surface area (Å²) < 4.78 is 0. The molecule has 1 aliphatic carbocycles. The Balaban J connectivity index is 1.89. The maximum absolute atomic E-state index is 12.2. The molecule has 5 heteroatoms. The van der Waals surface area contributed by atoms with Gasteiger partial charge in [-0.2, -0.15) is 0 Å². The van der Waals surface area contributed by atoms with Gasteiger partial charge in [0, 0.05) is 19.6 Å². The number of carboxylic acids is 1. The monoisotopic (exact) mass is 296 g/mol. The number of hydrogen-bond donors (Lipinski definition) is 2. The number of piperidine rings is 1. The summed E-state index contributed by atoms with van der Waals surface area (Å²) in [5.74, 6) is -0.0711. The van der Waals surface area contributed by atoms with Gasteiger partial charge in [-0.3, -0.25) is 4.79 Å².